The predicted molar refractivity (Wildman–Crippen MR) is 104 cm³/mol. The molecular formula is C21H21NO5. The highest BCUT2D eigenvalue weighted by molar-refractivity contribution is 5.92. The van der Waals surface area contributed by atoms with Gasteiger partial charge >= 0.3 is 0 Å². The fraction of sp³-hybridized carbons (Fsp3) is 0.286. The summed E-state index contributed by atoms with van der Waals surface area (Å²) >= 11 is 0. The highest BCUT2D eigenvalue weighted by atomic mass is 16.7. The van der Waals surface area contributed by atoms with Crippen molar-refractivity contribution in [2.75, 3.05) is 24.8 Å². The van der Waals surface area contributed by atoms with Gasteiger partial charge in [0.15, 0.2) is 22.8 Å². The minimum atomic E-state index is -0.443. The number of ether oxygens (including phenoxy) is 2. The quantitative estimate of drug-likeness (QED) is 0.750. The summed E-state index contributed by atoms with van der Waals surface area (Å²) in [5, 5.41) is 10.9. The number of nitrogens with zero attached hydrogens (tertiary/aromatic N) is 1. The average molecular weight is 367 g/mol. The molecule has 6 nitrogen and oxygen atoms in total. The van der Waals surface area contributed by atoms with Gasteiger partial charge in [0.2, 0.25) is 18.0 Å². The number of rotatable bonds is 4. The van der Waals surface area contributed by atoms with Gasteiger partial charge in [-0.1, -0.05) is 0 Å². The molecule has 0 saturated carbocycles. The lowest BCUT2D eigenvalue weighted by Crippen LogP contribution is -2.22. The Bertz CT molecular complexity index is 1080. The van der Waals surface area contributed by atoms with Crippen molar-refractivity contribution in [2.24, 2.45) is 0 Å². The molecule has 0 saturated heterocycles. The number of benzene rings is 2. The Hall–Kier alpha value is -3.15. The molecule has 1 aliphatic heterocycles. The van der Waals surface area contributed by atoms with Crippen LogP contribution in [0.15, 0.2) is 39.5 Å². The maximum absolute atomic E-state index is 12.9. The van der Waals surface area contributed by atoms with Crippen molar-refractivity contribution in [3.05, 3.63) is 46.1 Å². The second-order valence-electron chi connectivity index (χ2n) is 6.51. The monoisotopic (exact) mass is 367 g/mol. The lowest BCUT2D eigenvalue weighted by molar-refractivity contribution is 0.174. The van der Waals surface area contributed by atoms with E-state index in [-0.39, 0.29) is 12.6 Å². The van der Waals surface area contributed by atoms with Crippen molar-refractivity contribution < 1.29 is 19.0 Å². The fourth-order valence-corrected chi connectivity index (χ4v) is 3.44. The van der Waals surface area contributed by atoms with Crippen LogP contribution in [0.5, 0.6) is 17.2 Å². The molecule has 0 fully saturated rings. The van der Waals surface area contributed by atoms with E-state index < -0.39 is 11.2 Å². The highest BCUT2D eigenvalue weighted by Gasteiger charge is 2.22. The maximum atomic E-state index is 12.9. The van der Waals surface area contributed by atoms with Crippen molar-refractivity contribution >= 4 is 16.7 Å². The van der Waals surface area contributed by atoms with Gasteiger partial charge in [-0.05, 0) is 56.7 Å². The van der Waals surface area contributed by atoms with Crippen LogP contribution in [-0.2, 0) is 0 Å². The molecule has 3 aromatic rings. The molecule has 140 valence electrons. The predicted octanol–water partition coefficient (Wildman–Crippen LogP) is 4.05. The molecule has 0 unspecified atom stereocenters. The second kappa shape index (κ2) is 6.54. The van der Waals surface area contributed by atoms with Crippen LogP contribution in [0, 0.1) is 6.92 Å². The Morgan fingerprint density at radius 2 is 1.81 bits per heavy atom. The summed E-state index contributed by atoms with van der Waals surface area (Å²) < 4.78 is 16.8. The maximum Gasteiger partial charge on any atom is 0.235 e. The van der Waals surface area contributed by atoms with Gasteiger partial charge in [-0.15, -0.1) is 0 Å². The molecule has 6 heteroatoms. The first-order valence-corrected chi connectivity index (χ1v) is 8.98. The first kappa shape index (κ1) is 17.3. The van der Waals surface area contributed by atoms with Gasteiger partial charge < -0.3 is 23.9 Å². The third kappa shape index (κ3) is 2.77. The molecule has 2 aromatic carbocycles. The van der Waals surface area contributed by atoms with Crippen LogP contribution in [0.4, 0.5) is 5.69 Å². The van der Waals surface area contributed by atoms with Gasteiger partial charge in [-0.25, -0.2) is 0 Å². The fourth-order valence-electron chi connectivity index (χ4n) is 3.44. The Balaban J connectivity index is 2.00. The molecule has 4 rings (SSSR count). The van der Waals surface area contributed by atoms with Crippen LogP contribution >= 0.6 is 0 Å². The van der Waals surface area contributed by atoms with E-state index in [2.05, 4.69) is 18.7 Å². The van der Waals surface area contributed by atoms with Crippen LogP contribution < -0.4 is 19.8 Å². The lowest BCUT2D eigenvalue weighted by Gasteiger charge is -2.22. The second-order valence-corrected chi connectivity index (χ2v) is 6.51. The van der Waals surface area contributed by atoms with Crippen LogP contribution in [0.3, 0.4) is 0 Å². The first-order chi connectivity index (χ1) is 13.0. The minimum absolute atomic E-state index is 0.128. The number of fused-ring (bicyclic) bond motifs is 2. The standard InChI is InChI=1S/C21H21NO5/c1-4-22(5-2)15-9-12(3)8-14-18(23)19(24)20(27-21(14)15)13-6-7-16-17(10-13)26-11-25-16/h6-10,24H,4-5,11H2,1-3H3. The van der Waals surface area contributed by atoms with E-state index in [1.165, 1.54) is 0 Å². The molecule has 1 aliphatic rings. The Morgan fingerprint density at radius 3 is 2.56 bits per heavy atom. The zero-order chi connectivity index (χ0) is 19.1. The smallest absolute Gasteiger partial charge is 0.235 e. The van der Waals surface area contributed by atoms with Gasteiger partial charge in [0, 0.05) is 18.7 Å². The van der Waals surface area contributed by atoms with Crippen LogP contribution in [0.1, 0.15) is 19.4 Å². The summed E-state index contributed by atoms with van der Waals surface area (Å²) in [6.07, 6.45) is 0. The molecule has 1 aromatic heterocycles. The zero-order valence-electron chi connectivity index (χ0n) is 15.5. The van der Waals surface area contributed by atoms with E-state index in [0.29, 0.717) is 28.0 Å². The van der Waals surface area contributed by atoms with E-state index in [1.54, 1.807) is 24.3 Å². The lowest BCUT2D eigenvalue weighted by atomic mass is 10.1. The van der Waals surface area contributed by atoms with Crippen LogP contribution in [-0.4, -0.2) is 25.0 Å². The largest absolute Gasteiger partial charge is 0.502 e. The van der Waals surface area contributed by atoms with E-state index >= 15 is 0 Å². The Morgan fingerprint density at radius 1 is 1.07 bits per heavy atom. The van der Waals surface area contributed by atoms with Crippen molar-refractivity contribution in [2.45, 2.75) is 20.8 Å². The molecule has 27 heavy (non-hydrogen) atoms. The van der Waals surface area contributed by atoms with Crippen LogP contribution in [0.2, 0.25) is 0 Å². The molecule has 0 bridgehead atoms. The van der Waals surface area contributed by atoms with Gasteiger partial charge in [0.25, 0.3) is 0 Å². The highest BCUT2D eigenvalue weighted by Crippen LogP contribution is 2.40. The van der Waals surface area contributed by atoms with Gasteiger partial charge in [-0.3, -0.25) is 4.79 Å². The first-order valence-electron chi connectivity index (χ1n) is 8.98. The summed E-state index contributed by atoms with van der Waals surface area (Å²) in [6.45, 7) is 7.73. The van der Waals surface area contributed by atoms with Crippen molar-refractivity contribution in [3.8, 4) is 28.6 Å². The number of aryl methyl sites for hydroxylation is 1. The molecular weight excluding hydrogens is 346 g/mol. The van der Waals surface area contributed by atoms with Crippen molar-refractivity contribution in [1.82, 2.24) is 0 Å². The normalized spacial score (nSPS) is 12.6. The summed E-state index contributed by atoms with van der Waals surface area (Å²) in [7, 11) is 0. The molecule has 0 atom stereocenters. The third-order valence-electron chi connectivity index (χ3n) is 4.83. The van der Waals surface area contributed by atoms with E-state index in [1.807, 2.05) is 13.0 Å². The van der Waals surface area contributed by atoms with Gasteiger partial charge in [0.05, 0.1) is 11.1 Å². The topological polar surface area (TPSA) is 72.1 Å². The number of hydrogen-bond acceptors (Lipinski definition) is 6. The SMILES string of the molecule is CCN(CC)c1cc(C)cc2c(=O)c(O)c(-c3ccc4c(c3)OCO4)oc12. The van der Waals surface area contributed by atoms with Crippen molar-refractivity contribution in [1.29, 1.82) is 0 Å². The molecule has 0 aliphatic carbocycles. The third-order valence-corrected chi connectivity index (χ3v) is 4.83. The number of aromatic hydroxyl groups is 1. The number of hydrogen-bond donors (Lipinski definition) is 1. The Labute approximate surface area is 156 Å². The summed E-state index contributed by atoms with van der Waals surface area (Å²) in [4.78, 5) is 15.0. The van der Waals surface area contributed by atoms with E-state index in [4.69, 9.17) is 13.9 Å². The zero-order valence-corrected chi connectivity index (χ0v) is 15.5. The molecule has 0 amide bonds. The molecule has 0 spiro atoms. The number of anilines is 1. The average Bonchev–Trinajstić information content (AvgIpc) is 3.13. The van der Waals surface area contributed by atoms with E-state index in [9.17, 15) is 9.90 Å². The summed E-state index contributed by atoms with van der Waals surface area (Å²) in [5.41, 5.74) is 2.36. The van der Waals surface area contributed by atoms with Gasteiger partial charge in [0.1, 0.15) is 0 Å². The summed E-state index contributed by atoms with van der Waals surface area (Å²) in [6, 6.07) is 8.93. The molecule has 2 heterocycles. The molecule has 0 radical (unpaired) electrons. The van der Waals surface area contributed by atoms with Crippen LogP contribution in [0.25, 0.3) is 22.3 Å². The Kier molecular flexibility index (Phi) is 4.18. The van der Waals surface area contributed by atoms with Gasteiger partial charge in [-0.2, -0.15) is 0 Å². The molecule has 1 N–H and O–H groups in total. The summed E-state index contributed by atoms with van der Waals surface area (Å²) in [5.74, 6) is 0.906. The van der Waals surface area contributed by atoms with Crippen molar-refractivity contribution in [3.63, 3.8) is 0 Å². The van der Waals surface area contributed by atoms with E-state index in [0.717, 1.165) is 24.3 Å². The minimum Gasteiger partial charge on any atom is -0.502 e.